The molecule has 0 radical (unpaired) electrons. The topological polar surface area (TPSA) is 60.9 Å². The van der Waals surface area contributed by atoms with Gasteiger partial charge >= 0.3 is 0 Å². The summed E-state index contributed by atoms with van der Waals surface area (Å²) < 4.78 is 14.7. The molecular weight excluding hydrogens is 383 g/mol. The Hall–Kier alpha value is -2.99. The number of amides is 1. The van der Waals surface area contributed by atoms with Crippen molar-refractivity contribution in [3.63, 3.8) is 0 Å². The van der Waals surface area contributed by atoms with Gasteiger partial charge in [-0.1, -0.05) is 62.4 Å². The second-order valence-electron chi connectivity index (χ2n) is 7.26. The Morgan fingerprint density at radius 1 is 1.03 bits per heavy atom. The lowest BCUT2D eigenvalue weighted by atomic mass is 9.95. The molecule has 158 valence electrons. The van der Waals surface area contributed by atoms with Gasteiger partial charge in [0.25, 0.3) is 11.7 Å². The first kappa shape index (κ1) is 21.7. The van der Waals surface area contributed by atoms with Crippen LogP contribution >= 0.6 is 0 Å². The Morgan fingerprint density at radius 2 is 1.67 bits per heavy atom. The highest BCUT2D eigenvalue weighted by atomic mass is 19.1. The average molecular weight is 410 g/mol. The van der Waals surface area contributed by atoms with Crippen LogP contribution in [0.15, 0.2) is 60.2 Å². The fraction of sp³-hybridized carbons (Fsp3) is 0.333. The highest BCUT2D eigenvalue weighted by Gasteiger charge is 2.46. The van der Waals surface area contributed by atoms with Crippen LogP contribution in [0, 0.1) is 5.82 Å². The summed E-state index contributed by atoms with van der Waals surface area (Å²) in [5, 5.41) is 10.9. The van der Waals surface area contributed by atoms with Crippen LogP contribution in [0.5, 0.6) is 0 Å². The molecule has 2 aromatic rings. The van der Waals surface area contributed by atoms with E-state index in [-0.39, 0.29) is 16.9 Å². The number of hydrogen-bond acceptors (Lipinski definition) is 4. The summed E-state index contributed by atoms with van der Waals surface area (Å²) in [5.74, 6) is -2.29. The monoisotopic (exact) mass is 410 g/mol. The first-order chi connectivity index (χ1) is 14.5. The third-order valence-electron chi connectivity index (χ3n) is 5.55. The number of carbonyl (C=O) groups excluding carboxylic acids is 2. The zero-order valence-corrected chi connectivity index (χ0v) is 17.3. The first-order valence-electron chi connectivity index (χ1n) is 10.3. The van der Waals surface area contributed by atoms with Crippen molar-refractivity contribution in [2.45, 2.75) is 26.3 Å². The molecule has 0 bridgehead atoms. The lowest BCUT2D eigenvalue weighted by molar-refractivity contribution is -0.140. The van der Waals surface area contributed by atoms with E-state index in [2.05, 4.69) is 18.7 Å². The highest BCUT2D eigenvalue weighted by Crippen LogP contribution is 2.40. The molecule has 0 spiro atoms. The summed E-state index contributed by atoms with van der Waals surface area (Å²) in [6, 6.07) is 13.7. The Balaban J connectivity index is 2.03. The maximum absolute atomic E-state index is 14.7. The maximum Gasteiger partial charge on any atom is 0.295 e. The number of hydrogen-bond donors (Lipinski definition) is 1. The molecule has 3 rings (SSSR count). The van der Waals surface area contributed by atoms with Gasteiger partial charge < -0.3 is 14.9 Å². The molecule has 1 unspecified atom stereocenters. The summed E-state index contributed by atoms with van der Waals surface area (Å²) >= 11 is 0. The number of halogens is 1. The van der Waals surface area contributed by atoms with Crippen molar-refractivity contribution in [1.29, 1.82) is 0 Å². The predicted molar refractivity (Wildman–Crippen MR) is 114 cm³/mol. The molecule has 2 aromatic carbocycles. The number of Topliss-reactive ketones (excluding diaryl/α,β-unsaturated/α-hetero) is 1. The molecule has 6 heteroatoms. The van der Waals surface area contributed by atoms with Crippen LogP contribution in [0.1, 0.15) is 37.4 Å². The van der Waals surface area contributed by atoms with Gasteiger partial charge in [0.1, 0.15) is 11.6 Å². The van der Waals surface area contributed by atoms with Crippen molar-refractivity contribution in [2.75, 3.05) is 26.2 Å². The fourth-order valence-electron chi connectivity index (χ4n) is 3.89. The number of nitrogens with zero attached hydrogens (tertiary/aromatic N) is 2. The zero-order valence-electron chi connectivity index (χ0n) is 17.3. The minimum Gasteiger partial charge on any atom is -0.507 e. The molecular formula is C24H27FN2O3. The lowest BCUT2D eigenvalue weighted by Crippen LogP contribution is -2.33. The smallest absolute Gasteiger partial charge is 0.295 e. The van der Waals surface area contributed by atoms with Crippen molar-refractivity contribution in [3.05, 3.63) is 77.1 Å². The van der Waals surface area contributed by atoms with Crippen LogP contribution < -0.4 is 0 Å². The van der Waals surface area contributed by atoms with E-state index in [9.17, 15) is 19.1 Å². The lowest BCUT2D eigenvalue weighted by Gasteiger charge is -2.27. The van der Waals surface area contributed by atoms with Gasteiger partial charge in [-0.2, -0.15) is 0 Å². The molecule has 1 aliphatic heterocycles. The van der Waals surface area contributed by atoms with Gasteiger partial charge in [-0.3, -0.25) is 9.59 Å². The molecule has 1 aliphatic rings. The van der Waals surface area contributed by atoms with E-state index < -0.39 is 23.5 Å². The summed E-state index contributed by atoms with van der Waals surface area (Å²) in [5.41, 5.74) is 0.552. The van der Waals surface area contributed by atoms with Gasteiger partial charge in [-0.05, 0) is 32.1 Å². The third kappa shape index (κ3) is 4.28. The van der Waals surface area contributed by atoms with E-state index in [1.165, 1.54) is 11.0 Å². The second-order valence-corrected chi connectivity index (χ2v) is 7.26. The van der Waals surface area contributed by atoms with E-state index in [0.717, 1.165) is 19.6 Å². The van der Waals surface area contributed by atoms with Gasteiger partial charge in [0, 0.05) is 17.7 Å². The van der Waals surface area contributed by atoms with E-state index in [4.69, 9.17) is 0 Å². The van der Waals surface area contributed by atoms with Crippen LogP contribution in [-0.2, 0) is 9.59 Å². The van der Waals surface area contributed by atoms with Gasteiger partial charge in [0.05, 0.1) is 11.6 Å². The summed E-state index contributed by atoms with van der Waals surface area (Å²) in [7, 11) is 0. The Bertz CT molecular complexity index is 938. The van der Waals surface area contributed by atoms with E-state index in [0.29, 0.717) is 18.5 Å². The molecule has 5 nitrogen and oxygen atoms in total. The molecule has 1 N–H and O–H groups in total. The number of rotatable bonds is 8. The molecule has 1 amide bonds. The molecule has 1 saturated heterocycles. The number of aliphatic hydroxyl groups excluding tert-OH is 1. The normalized spacial score (nSPS) is 18.4. The highest BCUT2D eigenvalue weighted by molar-refractivity contribution is 6.46. The fourth-order valence-corrected chi connectivity index (χ4v) is 3.89. The summed E-state index contributed by atoms with van der Waals surface area (Å²) in [6.45, 7) is 6.97. The number of aliphatic hydroxyl groups is 1. The van der Waals surface area contributed by atoms with Gasteiger partial charge in [0.2, 0.25) is 0 Å². The summed E-state index contributed by atoms with van der Waals surface area (Å²) in [4.78, 5) is 29.4. The minimum atomic E-state index is -0.955. The molecule has 1 heterocycles. The van der Waals surface area contributed by atoms with Crippen LogP contribution in [0.3, 0.4) is 0 Å². The van der Waals surface area contributed by atoms with Crippen molar-refractivity contribution >= 4 is 17.4 Å². The van der Waals surface area contributed by atoms with Crippen molar-refractivity contribution < 1.29 is 19.1 Å². The van der Waals surface area contributed by atoms with Crippen LogP contribution in [0.4, 0.5) is 4.39 Å². The second kappa shape index (κ2) is 9.67. The number of ketones is 1. The van der Waals surface area contributed by atoms with E-state index in [1.807, 2.05) is 0 Å². The van der Waals surface area contributed by atoms with E-state index in [1.54, 1.807) is 48.5 Å². The van der Waals surface area contributed by atoms with Crippen molar-refractivity contribution in [3.8, 4) is 0 Å². The number of carbonyl (C=O) groups is 2. The standard InChI is InChI=1S/C24H27FN2O3/c1-3-26(4-2)15-10-16-27-21(18-13-8-9-14-19(18)25)20(23(29)24(27)30)22(28)17-11-6-5-7-12-17/h5-9,11-14,21,28H,3-4,10,15-16H2,1-2H3/b22-20+. The quantitative estimate of drug-likeness (QED) is 0.406. The van der Waals surface area contributed by atoms with Crippen LogP contribution in [0.25, 0.3) is 5.76 Å². The average Bonchev–Trinajstić information content (AvgIpc) is 3.02. The SMILES string of the molecule is CCN(CC)CCCN1C(=O)C(=O)/C(=C(/O)c2ccccc2)C1c1ccccc1F. The Morgan fingerprint density at radius 3 is 2.30 bits per heavy atom. The first-order valence-corrected chi connectivity index (χ1v) is 10.3. The van der Waals surface area contributed by atoms with Gasteiger partial charge in [0.15, 0.2) is 0 Å². The molecule has 0 saturated carbocycles. The van der Waals surface area contributed by atoms with Crippen LogP contribution in [-0.4, -0.2) is 52.8 Å². The number of likely N-dealkylation sites (tertiary alicyclic amines) is 1. The van der Waals surface area contributed by atoms with Crippen molar-refractivity contribution in [2.24, 2.45) is 0 Å². The van der Waals surface area contributed by atoms with E-state index >= 15 is 0 Å². The van der Waals surface area contributed by atoms with Crippen molar-refractivity contribution in [1.82, 2.24) is 9.80 Å². The minimum absolute atomic E-state index is 0.0702. The predicted octanol–water partition coefficient (Wildman–Crippen LogP) is 3.98. The molecule has 1 atom stereocenters. The van der Waals surface area contributed by atoms with Gasteiger partial charge in [-0.15, -0.1) is 0 Å². The summed E-state index contributed by atoms with van der Waals surface area (Å²) in [6.07, 6.45) is 0.644. The largest absolute Gasteiger partial charge is 0.507 e. The Kier molecular flexibility index (Phi) is 7.00. The number of benzene rings is 2. The Labute approximate surface area is 176 Å². The van der Waals surface area contributed by atoms with Gasteiger partial charge in [-0.25, -0.2) is 4.39 Å². The molecule has 1 fully saturated rings. The third-order valence-corrected chi connectivity index (χ3v) is 5.55. The molecule has 0 aliphatic carbocycles. The molecule has 30 heavy (non-hydrogen) atoms. The zero-order chi connectivity index (χ0) is 21.7. The molecule has 0 aromatic heterocycles. The maximum atomic E-state index is 14.7. The van der Waals surface area contributed by atoms with Crippen LogP contribution in [0.2, 0.25) is 0 Å².